The molecule has 3 N–H and O–H groups in total. The Morgan fingerprint density at radius 1 is 1.45 bits per heavy atom. The number of nitrogens with zero attached hydrogens (tertiary/aromatic N) is 1. The first-order chi connectivity index (χ1) is 9.32. The fourth-order valence-electron chi connectivity index (χ4n) is 2.03. The molecule has 0 atom stereocenters. The molecule has 1 aliphatic carbocycles. The van der Waals surface area contributed by atoms with E-state index >= 15 is 0 Å². The molecule has 20 heavy (non-hydrogen) atoms. The lowest BCUT2D eigenvalue weighted by Gasteiger charge is -2.19. The number of nitrogens with two attached hydrogens (primary N) is 1. The SMILES string of the molecule is CN(CC1CC1)C(=O)c1ccc(NN)c(C(F)(F)F)c1. The highest BCUT2D eigenvalue weighted by Crippen LogP contribution is 2.35. The van der Waals surface area contributed by atoms with Crippen molar-refractivity contribution in [3.05, 3.63) is 29.3 Å². The van der Waals surface area contributed by atoms with Gasteiger partial charge in [-0.15, -0.1) is 0 Å². The first kappa shape index (κ1) is 14.6. The Labute approximate surface area is 114 Å². The molecule has 0 aliphatic heterocycles. The lowest BCUT2D eigenvalue weighted by molar-refractivity contribution is -0.137. The monoisotopic (exact) mass is 287 g/mol. The van der Waals surface area contributed by atoms with Crippen LogP contribution >= 0.6 is 0 Å². The molecule has 0 saturated heterocycles. The van der Waals surface area contributed by atoms with E-state index in [9.17, 15) is 18.0 Å². The van der Waals surface area contributed by atoms with Crippen LogP contribution in [0, 0.1) is 5.92 Å². The summed E-state index contributed by atoms with van der Waals surface area (Å²) < 4.78 is 38.6. The van der Waals surface area contributed by atoms with E-state index in [2.05, 4.69) is 0 Å². The maximum Gasteiger partial charge on any atom is 0.418 e. The van der Waals surface area contributed by atoms with Crippen molar-refractivity contribution >= 4 is 11.6 Å². The van der Waals surface area contributed by atoms with Crippen LogP contribution in [-0.2, 0) is 6.18 Å². The maximum absolute atomic E-state index is 12.9. The van der Waals surface area contributed by atoms with E-state index in [4.69, 9.17) is 5.84 Å². The van der Waals surface area contributed by atoms with E-state index in [-0.39, 0.29) is 11.3 Å². The van der Waals surface area contributed by atoms with Crippen LogP contribution in [0.5, 0.6) is 0 Å². The van der Waals surface area contributed by atoms with Crippen molar-refractivity contribution < 1.29 is 18.0 Å². The Hall–Kier alpha value is -1.76. The van der Waals surface area contributed by atoms with Gasteiger partial charge < -0.3 is 10.3 Å². The largest absolute Gasteiger partial charge is 0.418 e. The molecule has 1 saturated carbocycles. The Morgan fingerprint density at radius 3 is 2.60 bits per heavy atom. The van der Waals surface area contributed by atoms with Gasteiger partial charge in [0.1, 0.15) is 0 Å². The van der Waals surface area contributed by atoms with Gasteiger partial charge in [-0.25, -0.2) is 0 Å². The van der Waals surface area contributed by atoms with Crippen LogP contribution in [0.3, 0.4) is 0 Å². The maximum atomic E-state index is 12.9. The summed E-state index contributed by atoms with van der Waals surface area (Å²) in [6.07, 6.45) is -2.42. The van der Waals surface area contributed by atoms with Gasteiger partial charge in [0.25, 0.3) is 5.91 Å². The zero-order valence-corrected chi connectivity index (χ0v) is 11.0. The first-order valence-corrected chi connectivity index (χ1v) is 6.26. The lowest BCUT2D eigenvalue weighted by Crippen LogP contribution is -2.29. The first-order valence-electron chi connectivity index (χ1n) is 6.26. The second-order valence-electron chi connectivity index (χ2n) is 5.03. The summed E-state index contributed by atoms with van der Waals surface area (Å²) in [5, 5.41) is 0. The zero-order chi connectivity index (χ0) is 14.9. The highest BCUT2D eigenvalue weighted by atomic mass is 19.4. The highest BCUT2D eigenvalue weighted by molar-refractivity contribution is 5.94. The summed E-state index contributed by atoms with van der Waals surface area (Å²) in [6, 6.07) is 3.35. The number of hydrazine groups is 1. The van der Waals surface area contributed by atoms with Gasteiger partial charge in [-0.1, -0.05) is 0 Å². The molecule has 0 heterocycles. The minimum absolute atomic E-state index is 0.0134. The van der Waals surface area contributed by atoms with Gasteiger partial charge in [-0.05, 0) is 37.0 Å². The lowest BCUT2D eigenvalue weighted by atomic mass is 10.1. The van der Waals surface area contributed by atoms with Crippen molar-refractivity contribution in [3.8, 4) is 0 Å². The third kappa shape index (κ3) is 3.22. The smallest absolute Gasteiger partial charge is 0.341 e. The third-order valence-electron chi connectivity index (χ3n) is 3.30. The van der Waals surface area contributed by atoms with E-state index in [0.29, 0.717) is 12.5 Å². The van der Waals surface area contributed by atoms with E-state index < -0.39 is 17.6 Å². The zero-order valence-electron chi connectivity index (χ0n) is 11.0. The number of benzene rings is 1. The van der Waals surface area contributed by atoms with Gasteiger partial charge >= 0.3 is 6.18 Å². The molecule has 1 amide bonds. The third-order valence-corrected chi connectivity index (χ3v) is 3.30. The van der Waals surface area contributed by atoms with Crippen molar-refractivity contribution in [2.45, 2.75) is 19.0 Å². The number of nitrogen functional groups attached to an aromatic ring is 1. The number of alkyl halides is 3. The average molecular weight is 287 g/mol. The number of amides is 1. The van der Waals surface area contributed by atoms with Gasteiger partial charge in [0.05, 0.1) is 11.3 Å². The number of carbonyl (C=O) groups is 1. The normalized spacial score (nSPS) is 15.1. The molecule has 1 aromatic carbocycles. The summed E-state index contributed by atoms with van der Waals surface area (Å²) in [7, 11) is 1.60. The van der Waals surface area contributed by atoms with E-state index in [1.165, 1.54) is 17.0 Å². The van der Waals surface area contributed by atoms with Crippen molar-refractivity contribution in [2.75, 3.05) is 19.0 Å². The number of carbonyl (C=O) groups excluding carboxylic acids is 1. The molecule has 0 aromatic heterocycles. The second kappa shape index (κ2) is 5.32. The summed E-state index contributed by atoms with van der Waals surface area (Å²) in [5.41, 5.74) is 0.818. The summed E-state index contributed by atoms with van der Waals surface area (Å²) in [5.74, 6) is 5.13. The molecular weight excluding hydrogens is 271 g/mol. The van der Waals surface area contributed by atoms with Crippen LogP contribution < -0.4 is 11.3 Å². The van der Waals surface area contributed by atoms with Crippen molar-refractivity contribution in [1.82, 2.24) is 4.90 Å². The summed E-state index contributed by atoms with van der Waals surface area (Å²) in [4.78, 5) is 13.6. The predicted octanol–water partition coefficient (Wildman–Crippen LogP) is 2.47. The molecule has 110 valence electrons. The molecule has 1 fully saturated rings. The van der Waals surface area contributed by atoms with Crippen LogP contribution in [0.25, 0.3) is 0 Å². The molecule has 2 rings (SSSR count). The predicted molar refractivity (Wildman–Crippen MR) is 68.9 cm³/mol. The molecule has 0 unspecified atom stereocenters. The topological polar surface area (TPSA) is 58.4 Å². The van der Waals surface area contributed by atoms with Crippen molar-refractivity contribution in [2.24, 2.45) is 11.8 Å². The quantitative estimate of drug-likeness (QED) is 0.660. The molecule has 7 heteroatoms. The fourth-order valence-corrected chi connectivity index (χ4v) is 2.03. The Balaban J connectivity index is 2.25. The van der Waals surface area contributed by atoms with Gasteiger partial charge in [-0.3, -0.25) is 10.6 Å². The highest BCUT2D eigenvalue weighted by Gasteiger charge is 2.34. The van der Waals surface area contributed by atoms with E-state index in [0.717, 1.165) is 18.9 Å². The number of nitrogens with one attached hydrogen (secondary N) is 1. The van der Waals surface area contributed by atoms with Gasteiger partial charge in [0.2, 0.25) is 0 Å². The van der Waals surface area contributed by atoms with Gasteiger partial charge in [0, 0.05) is 19.2 Å². The van der Waals surface area contributed by atoms with E-state index in [1.807, 2.05) is 5.43 Å². The Bertz CT molecular complexity index is 512. The number of anilines is 1. The molecular formula is C13H16F3N3O. The van der Waals surface area contributed by atoms with Crippen LogP contribution in [0.2, 0.25) is 0 Å². The number of rotatable bonds is 4. The Morgan fingerprint density at radius 2 is 2.10 bits per heavy atom. The van der Waals surface area contributed by atoms with Crippen LogP contribution in [0.15, 0.2) is 18.2 Å². The summed E-state index contributed by atoms with van der Waals surface area (Å²) >= 11 is 0. The number of hydrogen-bond acceptors (Lipinski definition) is 3. The van der Waals surface area contributed by atoms with Crippen molar-refractivity contribution in [1.29, 1.82) is 0 Å². The second-order valence-corrected chi connectivity index (χ2v) is 5.03. The molecule has 4 nitrogen and oxygen atoms in total. The molecule has 1 aliphatic rings. The minimum Gasteiger partial charge on any atom is -0.341 e. The molecule has 0 radical (unpaired) electrons. The average Bonchev–Trinajstić information content (AvgIpc) is 3.20. The standard InChI is InChI=1S/C13H16F3N3O/c1-19(7-8-2-3-8)12(20)9-4-5-11(18-17)10(6-9)13(14,15)16/h4-6,8,18H,2-3,7,17H2,1H3. The van der Waals surface area contributed by atoms with E-state index in [1.54, 1.807) is 7.05 Å². The number of halogens is 3. The molecule has 0 spiro atoms. The number of hydrogen-bond donors (Lipinski definition) is 2. The minimum atomic E-state index is -4.56. The van der Waals surface area contributed by atoms with Gasteiger partial charge in [0.15, 0.2) is 0 Å². The van der Waals surface area contributed by atoms with Crippen LogP contribution in [0.4, 0.5) is 18.9 Å². The van der Waals surface area contributed by atoms with Crippen LogP contribution in [-0.4, -0.2) is 24.4 Å². The van der Waals surface area contributed by atoms with Crippen LogP contribution in [0.1, 0.15) is 28.8 Å². The Kier molecular flexibility index (Phi) is 3.89. The molecule has 1 aromatic rings. The summed E-state index contributed by atoms with van der Waals surface area (Å²) in [6.45, 7) is 0.580. The molecule has 0 bridgehead atoms. The van der Waals surface area contributed by atoms with Gasteiger partial charge in [-0.2, -0.15) is 13.2 Å². The van der Waals surface area contributed by atoms with Crippen molar-refractivity contribution in [3.63, 3.8) is 0 Å². The fraction of sp³-hybridized carbons (Fsp3) is 0.462.